The highest BCUT2D eigenvalue weighted by atomic mass is 32.2. The molecule has 0 aromatic heterocycles. The fraction of sp³-hybridized carbons (Fsp3) is 0.440. The van der Waals surface area contributed by atoms with Gasteiger partial charge in [-0.15, -0.1) is 23.5 Å². The Kier molecular flexibility index (Phi) is 7.62. The number of benzene rings is 2. The van der Waals surface area contributed by atoms with Gasteiger partial charge in [0.05, 0.1) is 12.1 Å². The zero-order chi connectivity index (χ0) is 21.6. The Hall–Kier alpha value is -1.92. The van der Waals surface area contributed by atoms with E-state index in [0.717, 1.165) is 30.8 Å². The summed E-state index contributed by atoms with van der Waals surface area (Å²) in [6.07, 6.45) is 3.57. The molecule has 4 nitrogen and oxygen atoms in total. The molecule has 2 aliphatic heterocycles. The van der Waals surface area contributed by atoms with Crippen LogP contribution in [-0.4, -0.2) is 23.3 Å². The molecule has 6 heteroatoms. The minimum Gasteiger partial charge on any atom is -0.349 e. The second kappa shape index (κ2) is 10.6. The van der Waals surface area contributed by atoms with E-state index < -0.39 is 0 Å². The summed E-state index contributed by atoms with van der Waals surface area (Å²) in [7, 11) is 0. The predicted molar refractivity (Wildman–Crippen MR) is 128 cm³/mol. The van der Waals surface area contributed by atoms with Crippen molar-refractivity contribution in [3.63, 3.8) is 0 Å². The molecule has 0 aliphatic carbocycles. The molecule has 0 saturated carbocycles. The van der Waals surface area contributed by atoms with Crippen molar-refractivity contribution in [1.29, 1.82) is 0 Å². The lowest BCUT2D eigenvalue weighted by molar-refractivity contribution is -0.124. The molecular weight excluding hydrogens is 424 g/mol. The van der Waals surface area contributed by atoms with Gasteiger partial charge in [0.15, 0.2) is 0 Å². The average molecular weight is 455 g/mol. The van der Waals surface area contributed by atoms with Crippen molar-refractivity contribution < 1.29 is 9.59 Å². The van der Waals surface area contributed by atoms with E-state index in [1.54, 1.807) is 0 Å². The number of carbonyl (C=O) groups excluding carboxylic acids is 2. The molecule has 0 fully saturated rings. The van der Waals surface area contributed by atoms with E-state index in [4.69, 9.17) is 0 Å². The van der Waals surface area contributed by atoms with Crippen molar-refractivity contribution in [3.8, 4) is 0 Å². The minimum absolute atomic E-state index is 0.0807. The van der Waals surface area contributed by atoms with Crippen molar-refractivity contribution in [2.75, 3.05) is 11.5 Å². The normalized spacial score (nSPS) is 20.8. The quantitative estimate of drug-likeness (QED) is 0.580. The monoisotopic (exact) mass is 454 g/mol. The van der Waals surface area contributed by atoms with Crippen LogP contribution in [0.2, 0.25) is 0 Å². The fourth-order valence-corrected chi connectivity index (χ4v) is 6.55. The van der Waals surface area contributed by atoms with Gasteiger partial charge in [-0.2, -0.15) is 0 Å². The number of rotatable bonds is 7. The van der Waals surface area contributed by atoms with Crippen molar-refractivity contribution in [2.24, 2.45) is 5.92 Å². The third kappa shape index (κ3) is 5.86. The van der Waals surface area contributed by atoms with E-state index in [9.17, 15) is 9.59 Å². The standard InChI is InChI=1S/C25H30N2O2S2/c1-17(16-25(29)27-21-13-15-31-23-9-5-3-7-19(21)23)10-11-24(28)26-20-12-14-30-22-8-4-2-6-18(20)22/h2-9,17,20-21H,10-16H2,1H3,(H,26,28)(H,27,29). The Morgan fingerprint density at radius 3 is 1.97 bits per heavy atom. The van der Waals surface area contributed by atoms with Crippen molar-refractivity contribution in [3.05, 3.63) is 59.7 Å². The van der Waals surface area contributed by atoms with Crippen LogP contribution < -0.4 is 10.6 Å². The second-order valence-electron chi connectivity index (χ2n) is 8.44. The van der Waals surface area contributed by atoms with Crippen LogP contribution in [0.1, 0.15) is 62.2 Å². The highest BCUT2D eigenvalue weighted by molar-refractivity contribution is 7.99. The molecular formula is C25H30N2O2S2. The zero-order valence-corrected chi connectivity index (χ0v) is 19.6. The molecule has 0 spiro atoms. The van der Waals surface area contributed by atoms with Gasteiger partial charge in [-0.1, -0.05) is 43.3 Å². The van der Waals surface area contributed by atoms with Crippen molar-refractivity contribution >= 4 is 35.3 Å². The van der Waals surface area contributed by atoms with Gasteiger partial charge >= 0.3 is 0 Å². The van der Waals surface area contributed by atoms with E-state index >= 15 is 0 Å². The Morgan fingerprint density at radius 2 is 1.39 bits per heavy atom. The molecule has 31 heavy (non-hydrogen) atoms. The lowest BCUT2D eigenvalue weighted by Crippen LogP contribution is -2.32. The SMILES string of the molecule is CC(CCC(=O)NC1CCSc2ccccc21)CC(=O)NC1CCSc2ccccc21. The summed E-state index contributed by atoms with van der Waals surface area (Å²) in [6.45, 7) is 2.06. The Morgan fingerprint density at radius 1 is 0.871 bits per heavy atom. The van der Waals surface area contributed by atoms with E-state index in [2.05, 4.69) is 41.8 Å². The number of hydrogen-bond acceptors (Lipinski definition) is 4. The maximum atomic E-state index is 12.6. The molecule has 164 valence electrons. The zero-order valence-electron chi connectivity index (χ0n) is 17.9. The van der Waals surface area contributed by atoms with Crippen LogP contribution in [0.5, 0.6) is 0 Å². The fourth-order valence-electron chi connectivity index (χ4n) is 4.30. The highest BCUT2D eigenvalue weighted by Gasteiger charge is 2.24. The van der Waals surface area contributed by atoms with Crippen LogP contribution in [0, 0.1) is 5.92 Å². The number of amides is 2. The van der Waals surface area contributed by atoms with Crippen LogP contribution in [-0.2, 0) is 9.59 Å². The molecule has 0 radical (unpaired) electrons. The maximum absolute atomic E-state index is 12.6. The number of carbonyl (C=O) groups is 2. The topological polar surface area (TPSA) is 58.2 Å². The lowest BCUT2D eigenvalue weighted by Gasteiger charge is -2.27. The third-order valence-electron chi connectivity index (χ3n) is 5.99. The second-order valence-corrected chi connectivity index (χ2v) is 10.7. The molecule has 2 aliphatic rings. The van der Waals surface area contributed by atoms with Crippen LogP contribution in [0.15, 0.2) is 58.3 Å². The van der Waals surface area contributed by atoms with Gasteiger partial charge in [-0.05, 0) is 48.4 Å². The number of nitrogens with one attached hydrogen (secondary N) is 2. The molecule has 2 amide bonds. The van der Waals surface area contributed by atoms with Gasteiger partial charge < -0.3 is 10.6 Å². The number of fused-ring (bicyclic) bond motifs is 2. The van der Waals surface area contributed by atoms with Gasteiger partial charge in [-0.3, -0.25) is 9.59 Å². The maximum Gasteiger partial charge on any atom is 0.220 e. The molecule has 2 heterocycles. The van der Waals surface area contributed by atoms with E-state index in [1.807, 2.05) is 47.8 Å². The van der Waals surface area contributed by atoms with E-state index in [-0.39, 0.29) is 29.8 Å². The number of hydrogen-bond donors (Lipinski definition) is 2. The van der Waals surface area contributed by atoms with Crippen molar-refractivity contribution in [2.45, 2.75) is 60.9 Å². The molecule has 0 bridgehead atoms. The van der Waals surface area contributed by atoms with Gasteiger partial charge in [0.2, 0.25) is 11.8 Å². The van der Waals surface area contributed by atoms with Gasteiger partial charge in [0.1, 0.15) is 0 Å². The summed E-state index contributed by atoms with van der Waals surface area (Å²) >= 11 is 3.72. The molecule has 2 aromatic carbocycles. The summed E-state index contributed by atoms with van der Waals surface area (Å²) in [6, 6.07) is 16.9. The summed E-state index contributed by atoms with van der Waals surface area (Å²) in [4.78, 5) is 27.7. The van der Waals surface area contributed by atoms with E-state index in [0.29, 0.717) is 12.8 Å². The van der Waals surface area contributed by atoms with E-state index in [1.165, 1.54) is 20.9 Å². The first-order valence-corrected chi connectivity index (χ1v) is 13.1. The highest BCUT2D eigenvalue weighted by Crippen LogP contribution is 2.37. The Bertz CT molecular complexity index is 933. The van der Waals surface area contributed by atoms with Crippen LogP contribution >= 0.6 is 23.5 Å². The Balaban J connectivity index is 1.22. The smallest absolute Gasteiger partial charge is 0.220 e. The predicted octanol–water partition coefficient (Wildman–Crippen LogP) is 5.50. The first-order chi connectivity index (χ1) is 15.1. The molecule has 3 atom stereocenters. The lowest BCUT2D eigenvalue weighted by atomic mass is 9.98. The first kappa shape index (κ1) is 22.3. The summed E-state index contributed by atoms with van der Waals surface area (Å²) in [5, 5.41) is 6.42. The number of thioether (sulfide) groups is 2. The minimum atomic E-state index is 0.0807. The van der Waals surface area contributed by atoms with Gasteiger partial charge in [0.25, 0.3) is 0 Å². The van der Waals surface area contributed by atoms with Gasteiger partial charge in [0, 0.05) is 34.1 Å². The van der Waals surface area contributed by atoms with Crippen LogP contribution in [0.3, 0.4) is 0 Å². The summed E-state index contributed by atoms with van der Waals surface area (Å²) < 4.78 is 0. The van der Waals surface area contributed by atoms with Gasteiger partial charge in [-0.25, -0.2) is 0 Å². The Labute approximate surface area is 193 Å². The molecule has 2 aromatic rings. The largest absolute Gasteiger partial charge is 0.349 e. The average Bonchev–Trinajstić information content (AvgIpc) is 2.78. The summed E-state index contributed by atoms with van der Waals surface area (Å²) in [5.41, 5.74) is 2.45. The first-order valence-electron chi connectivity index (χ1n) is 11.1. The molecule has 3 unspecified atom stereocenters. The third-order valence-corrected chi connectivity index (χ3v) is 8.23. The molecule has 2 N–H and O–H groups in total. The molecule has 4 rings (SSSR count). The van der Waals surface area contributed by atoms with Crippen molar-refractivity contribution in [1.82, 2.24) is 10.6 Å². The summed E-state index contributed by atoms with van der Waals surface area (Å²) in [5.74, 6) is 2.39. The van der Waals surface area contributed by atoms with Crippen LogP contribution in [0.4, 0.5) is 0 Å². The van der Waals surface area contributed by atoms with Crippen LogP contribution in [0.25, 0.3) is 0 Å². The molecule has 0 saturated heterocycles.